The third-order valence-electron chi connectivity index (χ3n) is 12.9. The van der Waals surface area contributed by atoms with Gasteiger partial charge in [-0.2, -0.15) is 0 Å². The molecule has 0 aliphatic heterocycles. The van der Waals surface area contributed by atoms with E-state index >= 15 is 0 Å². The maximum atomic E-state index is 13.2. The van der Waals surface area contributed by atoms with Crippen LogP contribution in [-0.4, -0.2) is 89.6 Å². The summed E-state index contributed by atoms with van der Waals surface area (Å²) in [5.74, 6) is 0. The molecule has 1 amide bonds. The molecule has 0 aliphatic carbocycles. The highest BCUT2D eigenvalue weighted by Crippen LogP contribution is 2.19. The van der Waals surface area contributed by atoms with Crippen molar-refractivity contribution >= 4 is 6.09 Å². The Balaban J connectivity index is 4.97. The maximum Gasteiger partial charge on any atom is 0.409 e. The molecule has 0 aromatic rings. The van der Waals surface area contributed by atoms with Crippen molar-refractivity contribution in [2.45, 2.75) is 283 Å². The van der Waals surface area contributed by atoms with Gasteiger partial charge in [0.1, 0.15) is 18.9 Å². The Kier molecular flexibility index (Phi) is 58.5. The summed E-state index contributed by atoms with van der Waals surface area (Å²) >= 11 is 0. The molecule has 0 radical (unpaired) electrons. The predicted molar refractivity (Wildman–Crippen MR) is 289 cm³/mol. The molecule has 0 aromatic heterocycles. The minimum absolute atomic E-state index is 0.00104. The van der Waals surface area contributed by atoms with E-state index in [1.807, 2.05) is 0 Å². The molecule has 2 atom stereocenters. The molecule has 0 saturated heterocycles. The second-order valence-electron chi connectivity index (χ2n) is 19.5. The van der Waals surface area contributed by atoms with E-state index in [2.05, 4.69) is 50.4 Å². The normalized spacial score (nSPS) is 12.8. The van der Waals surface area contributed by atoms with Crippen LogP contribution in [0.25, 0.3) is 0 Å². The largest absolute Gasteiger partial charge is 0.443 e. The van der Waals surface area contributed by atoms with Crippen LogP contribution >= 0.6 is 0 Å². The lowest BCUT2D eigenvalue weighted by Crippen LogP contribution is -2.40. The van der Waals surface area contributed by atoms with E-state index in [0.717, 1.165) is 38.5 Å². The minimum atomic E-state index is -0.487. The van der Waals surface area contributed by atoms with Gasteiger partial charge in [-0.1, -0.05) is 218 Å². The van der Waals surface area contributed by atoms with Gasteiger partial charge in [-0.15, -0.1) is 0 Å². The number of unbranched alkanes of at least 4 members (excludes halogenated alkanes) is 33. The molecule has 0 spiro atoms. The minimum Gasteiger partial charge on any atom is -0.443 e. The molecule has 0 rings (SSSR count). The first kappa shape index (κ1) is 66.5. The number of aliphatic hydroxyl groups excluding tert-OH is 1. The molecule has 2 N–H and O–H groups in total. The van der Waals surface area contributed by atoms with Gasteiger partial charge in [-0.3, -0.25) is 5.32 Å². The number of carbonyl (C=O) groups is 1. The van der Waals surface area contributed by atoms with E-state index < -0.39 is 6.09 Å². The average molecular weight is 967 g/mol. The summed E-state index contributed by atoms with van der Waals surface area (Å²) in [6.45, 7) is 10.6. The third-order valence-corrected chi connectivity index (χ3v) is 12.9. The molecule has 404 valence electrons. The number of ether oxygens (including phenoxy) is 6. The number of rotatable bonds is 58. The van der Waals surface area contributed by atoms with Crippen molar-refractivity contribution in [2.24, 2.45) is 0 Å². The highest BCUT2D eigenvalue weighted by atomic mass is 16.6. The summed E-state index contributed by atoms with van der Waals surface area (Å²) in [5.41, 5.74) is 0. The van der Waals surface area contributed by atoms with Crippen molar-refractivity contribution in [1.29, 1.82) is 0 Å². The summed E-state index contributed by atoms with van der Waals surface area (Å²) < 4.78 is 35.3. The Bertz CT molecular complexity index is 1010. The van der Waals surface area contributed by atoms with Gasteiger partial charge in [-0.05, 0) is 77.0 Å². The number of nitrogens with one attached hydrogen (secondary N) is 1. The zero-order valence-corrected chi connectivity index (χ0v) is 45.4. The van der Waals surface area contributed by atoms with Crippen molar-refractivity contribution in [1.82, 2.24) is 5.32 Å². The second-order valence-corrected chi connectivity index (χ2v) is 19.5. The van der Waals surface area contributed by atoms with Crippen LogP contribution in [0.3, 0.4) is 0 Å². The van der Waals surface area contributed by atoms with Crippen LogP contribution in [-0.2, 0) is 28.4 Å². The molecule has 9 nitrogen and oxygen atoms in total. The molecule has 0 fully saturated rings. The smallest absolute Gasteiger partial charge is 0.409 e. The van der Waals surface area contributed by atoms with Crippen LogP contribution in [0.2, 0.25) is 0 Å². The number of aliphatic hydroxyl groups is 1. The molecule has 2 unspecified atom stereocenters. The van der Waals surface area contributed by atoms with E-state index in [4.69, 9.17) is 33.5 Å². The first-order chi connectivity index (χ1) is 33.7. The Labute approximate surface area is 422 Å². The van der Waals surface area contributed by atoms with E-state index in [1.54, 1.807) is 0 Å². The molecule has 68 heavy (non-hydrogen) atoms. The van der Waals surface area contributed by atoms with Crippen LogP contribution in [0.4, 0.5) is 4.79 Å². The van der Waals surface area contributed by atoms with Gasteiger partial charge in [0.15, 0.2) is 0 Å². The Morgan fingerprint density at radius 2 is 0.765 bits per heavy atom. The molecule has 0 aromatic carbocycles. The topological polar surface area (TPSA) is 105 Å². The van der Waals surface area contributed by atoms with Crippen LogP contribution in [0.1, 0.15) is 271 Å². The maximum absolute atomic E-state index is 13.2. The zero-order chi connectivity index (χ0) is 49.2. The molecule has 0 heterocycles. The van der Waals surface area contributed by atoms with Gasteiger partial charge in [0.2, 0.25) is 0 Å². The van der Waals surface area contributed by atoms with Gasteiger partial charge in [0.25, 0.3) is 0 Å². The molecular weight excluding hydrogens is 851 g/mol. The van der Waals surface area contributed by atoms with Crippen LogP contribution in [0.15, 0.2) is 24.3 Å². The van der Waals surface area contributed by atoms with Gasteiger partial charge in [-0.25, -0.2) is 4.79 Å². The average Bonchev–Trinajstić information content (AvgIpc) is 3.34. The van der Waals surface area contributed by atoms with Crippen molar-refractivity contribution in [3.05, 3.63) is 24.3 Å². The van der Waals surface area contributed by atoms with Crippen molar-refractivity contribution < 1.29 is 38.3 Å². The molecule has 0 saturated carbocycles. The quantitative estimate of drug-likeness (QED) is 0.0353. The van der Waals surface area contributed by atoms with Crippen LogP contribution < -0.4 is 5.32 Å². The lowest BCUT2D eigenvalue weighted by molar-refractivity contribution is -0.0873. The SMILES string of the molecule is CCCCCCCC/C=C\CCCCCCCCOCC(OCCCCCCCC/C=C\CCCCCCCC)C(CCCCCCCCCCCC)OC(=O)NCOCCOCCOCCO. The van der Waals surface area contributed by atoms with Crippen LogP contribution in [0.5, 0.6) is 0 Å². The Hall–Kier alpha value is -1.49. The van der Waals surface area contributed by atoms with Crippen molar-refractivity contribution in [2.75, 3.05) is 66.2 Å². The van der Waals surface area contributed by atoms with E-state index in [0.29, 0.717) is 52.9 Å². The molecular formula is C59H115NO8. The fraction of sp³-hybridized carbons (Fsp3) is 0.915. The third kappa shape index (κ3) is 53.9. The number of amides is 1. The lowest BCUT2D eigenvalue weighted by atomic mass is 10.0. The summed E-state index contributed by atoms with van der Waals surface area (Å²) in [5, 5.41) is 11.6. The highest BCUT2D eigenvalue weighted by Gasteiger charge is 2.26. The van der Waals surface area contributed by atoms with E-state index in [-0.39, 0.29) is 25.5 Å². The van der Waals surface area contributed by atoms with Gasteiger partial charge < -0.3 is 33.5 Å². The molecule has 9 heteroatoms. The van der Waals surface area contributed by atoms with Gasteiger partial charge in [0, 0.05) is 13.2 Å². The second kappa shape index (κ2) is 59.8. The Morgan fingerprint density at radius 3 is 1.21 bits per heavy atom. The summed E-state index contributed by atoms with van der Waals surface area (Å²) in [6, 6.07) is 0. The van der Waals surface area contributed by atoms with E-state index in [9.17, 15) is 4.79 Å². The fourth-order valence-corrected chi connectivity index (χ4v) is 8.52. The molecule has 0 aliphatic rings. The van der Waals surface area contributed by atoms with Gasteiger partial charge in [0.05, 0.1) is 46.2 Å². The first-order valence-electron chi connectivity index (χ1n) is 29.5. The highest BCUT2D eigenvalue weighted by molar-refractivity contribution is 5.67. The van der Waals surface area contributed by atoms with E-state index in [1.165, 1.54) is 212 Å². The van der Waals surface area contributed by atoms with Crippen LogP contribution in [0, 0.1) is 0 Å². The zero-order valence-electron chi connectivity index (χ0n) is 45.4. The number of hydrogen-bond acceptors (Lipinski definition) is 8. The standard InChI is InChI=1S/C59H115NO8/c1-4-7-10-13-16-19-22-24-26-28-30-32-35-38-41-44-48-65-55-58(67-49-45-42-39-36-33-31-29-27-25-23-20-17-14-11-8-5-2)57(46-43-40-37-34-21-18-15-12-9-6-3)68-59(62)60-56-66-54-53-64-52-51-63-50-47-61/h24-27,57-58,61H,4-23,28-56H2,1-3H3,(H,60,62)/b26-24-,27-25-. The molecule has 0 bridgehead atoms. The summed E-state index contributed by atoms with van der Waals surface area (Å²) in [6.07, 6.45) is 57.7. The summed E-state index contributed by atoms with van der Waals surface area (Å²) in [4.78, 5) is 13.2. The lowest BCUT2D eigenvalue weighted by Gasteiger charge is -2.27. The number of hydrogen-bond donors (Lipinski definition) is 2. The number of allylic oxidation sites excluding steroid dienone is 4. The fourth-order valence-electron chi connectivity index (χ4n) is 8.52. The first-order valence-corrected chi connectivity index (χ1v) is 29.5. The summed E-state index contributed by atoms with van der Waals surface area (Å²) in [7, 11) is 0. The number of carbonyl (C=O) groups excluding carboxylic acids is 1. The number of alkyl carbamates (subject to hydrolysis) is 1. The van der Waals surface area contributed by atoms with Crippen molar-refractivity contribution in [3.63, 3.8) is 0 Å². The Morgan fingerprint density at radius 1 is 0.397 bits per heavy atom. The predicted octanol–water partition coefficient (Wildman–Crippen LogP) is 16.9. The van der Waals surface area contributed by atoms with Crippen molar-refractivity contribution in [3.8, 4) is 0 Å². The van der Waals surface area contributed by atoms with Gasteiger partial charge >= 0.3 is 6.09 Å². The monoisotopic (exact) mass is 966 g/mol.